The highest BCUT2D eigenvalue weighted by Gasteiger charge is 2.31. The van der Waals surface area contributed by atoms with E-state index in [1.165, 1.54) is 6.33 Å². The summed E-state index contributed by atoms with van der Waals surface area (Å²) in [5.41, 5.74) is 0. The van der Waals surface area contributed by atoms with Crippen molar-refractivity contribution in [1.82, 2.24) is 14.5 Å². The molecule has 1 aromatic rings. The molecule has 1 aliphatic rings. The Morgan fingerprint density at radius 3 is 3.21 bits per heavy atom. The zero-order valence-corrected chi connectivity index (χ0v) is 8.13. The molecule has 0 spiro atoms. The number of carbonyl (C=O) groups is 1. The fraction of sp³-hybridized carbons (Fsp3) is 0.571. The van der Waals surface area contributed by atoms with Gasteiger partial charge in [0.15, 0.2) is 0 Å². The lowest BCUT2D eigenvalue weighted by molar-refractivity contribution is -0.125. The Kier molecular flexibility index (Phi) is 2.69. The van der Waals surface area contributed by atoms with E-state index < -0.39 is 6.04 Å². The van der Waals surface area contributed by atoms with Gasteiger partial charge in [-0.15, -0.1) is 9.60 Å². The smallest absolute Gasteiger partial charge is 0.246 e. The Morgan fingerprint density at radius 1 is 1.79 bits per heavy atom. The summed E-state index contributed by atoms with van der Waals surface area (Å²) in [6, 6.07) is -0.668. The lowest BCUT2D eigenvalue weighted by Gasteiger charge is -2.12. The number of nitrogens with one attached hydrogen (secondary N) is 1. The number of aromatic nitrogens is 2. The molecule has 0 aliphatic carbocycles. The van der Waals surface area contributed by atoms with Crippen LogP contribution in [0.5, 0.6) is 0 Å². The van der Waals surface area contributed by atoms with E-state index in [0.717, 1.165) is 11.5 Å². The second kappa shape index (κ2) is 3.97. The van der Waals surface area contributed by atoms with E-state index in [4.69, 9.17) is 0 Å². The monoisotopic (exact) mass is 216 g/mol. The van der Waals surface area contributed by atoms with Gasteiger partial charge in [-0.2, -0.15) is 4.37 Å². The third kappa shape index (κ3) is 1.88. The van der Waals surface area contributed by atoms with Gasteiger partial charge in [-0.05, 0) is 12.8 Å². The molecule has 1 unspecified atom stereocenters. The first-order valence-electron chi connectivity index (χ1n) is 4.27. The minimum Gasteiger partial charge on any atom is -0.299 e. The lowest BCUT2D eigenvalue weighted by Crippen LogP contribution is -2.34. The van der Waals surface area contributed by atoms with E-state index in [0.29, 0.717) is 29.6 Å². The number of carbonyl (C=O) groups excluding carboxylic acids is 1. The fourth-order valence-electron chi connectivity index (χ4n) is 1.41. The normalized spacial score (nSPS) is 22.5. The van der Waals surface area contributed by atoms with Crippen LogP contribution in [-0.4, -0.2) is 33.0 Å². The van der Waals surface area contributed by atoms with Gasteiger partial charge in [-0.25, -0.2) is 4.98 Å². The van der Waals surface area contributed by atoms with Gasteiger partial charge < -0.3 is 0 Å². The molecule has 0 bridgehead atoms. The molecule has 1 amide bonds. The predicted molar refractivity (Wildman–Crippen MR) is 49.4 cm³/mol. The molecule has 1 aromatic heterocycles. The van der Waals surface area contributed by atoms with Crippen molar-refractivity contribution in [3.63, 3.8) is 0 Å². The minimum atomic E-state index is -0.668. The van der Waals surface area contributed by atoms with Crippen LogP contribution in [0.15, 0.2) is 6.33 Å². The molecule has 1 aliphatic heterocycles. The molecule has 2 rings (SSSR count). The molecule has 1 atom stereocenters. The van der Waals surface area contributed by atoms with Crippen molar-refractivity contribution in [3.05, 3.63) is 6.33 Å². The van der Waals surface area contributed by atoms with Crippen molar-refractivity contribution in [2.24, 2.45) is 0 Å². The van der Waals surface area contributed by atoms with Gasteiger partial charge in [0.25, 0.3) is 0 Å². The second-order valence-corrected chi connectivity index (χ2v) is 3.80. The first-order valence-corrected chi connectivity index (χ1v) is 5.04. The van der Waals surface area contributed by atoms with Crippen LogP contribution in [-0.2, 0) is 4.79 Å². The zero-order valence-electron chi connectivity index (χ0n) is 7.31. The molecule has 2 heterocycles. The van der Waals surface area contributed by atoms with Crippen LogP contribution in [0, 0.1) is 0 Å². The standard InChI is InChI=1S/C7H9FN4OS/c8-12-3-1-2-5(12)6(13)11-7-9-4-10-14-7/h4-5H,1-3H2,(H,9,10,11,13). The highest BCUT2D eigenvalue weighted by atomic mass is 32.1. The molecular formula is C7H9FN4OS. The summed E-state index contributed by atoms with van der Waals surface area (Å²) in [7, 11) is 0. The molecule has 0 radical (unpaired) electrons. The topological polar surface area (TPSA) is 58.1 Å². The molecule has 76 valence electrons. The second-order valence-electron chi connectivity index (χ2n) is 3.02. The van der Waals surface area contributed by atoms with Gasteiger partial charge in [0, 0.05) is 18.1 Å². The number of amides is 1. The van der Waals surface area contributed by atoms with Gasteiger partial charge in [0.2, 0.25) is 11.0 Å². The maximum Gasteiger partial charge on any atom is 0.246 e. The van der Waals surface area contributed by atoms with Crippen LogP contribution in [0.3, 0.4) is 0 Å². The molecule has 1 fully saturated rings. The zero-order chi connectivity index (χ0) is 9.97. The molecular weight excluding hydrogens is 207 g/mol. The summed E-state index contributed by atoms with van der Waals surface area (Å²) >= 11 is 1.08. The van der Waals surface area contributed by atoms with E-state index in [2.05, 4.69) is 14.7 Å². The maximum absolute atomic E-state index is 13.0. The van der Waals surface area contributed by atoms with Gasteiger partial charge in [0.1, 0.15) is 12.4 Å². The van der Waals surface area contributed by atoms with Gasteiger partial charge in [-0.3, -0.25) is 10.1 Å². The number of rotatable bonds is 2. The number of halogens is 1. The van der Waals surface area contributed by atoms with E-state index in [1.54, 1.807) is 0 Å². The van der Waals surface area contributed by atoms with Crippen LogP contribution in [0.2, 0.25) is 0 Å². The van der Waals surface area contributed by atoms with Crippen molar-refractivity contribution in [2.45, 2.75) is 18.9 Å². The van der Waals surface area contributed by atoms with Crippen molar-refractivity contribution >= 4 is 22.6 Å². The Labute approximate surface area is 84.0 Å². The van der Waals surface area contributed by atoms with Crippen LogP contribution in [0.1, 0.15) is 12.8 Å². The SMILES string of the molecule is O=C(Nc1ncns1)C1CCCN1F. The Bertz CT molecular complexity index is 317. The summed E-state index contributed by atoms with van der Waals surface area (Å²) in [5, 5.41) is 3.50. The Balaban J connectivity index is 1.95. The van der Waals surface area contributed by atoms with Crippen LogP contribution < -0.4 is 5.32 Å². The molecule has 7 heteroatoms. The van der Waals surface area contributed by atoms with Crippen LogP contribution >= 0.6 is 11.5 Å². The summed E-state index contributed by atoms with van der Waals surface area (Å²) in [5.74, 6) is -0.346. The molecule has 5 nitrogen and oxygen atoms in total. The first-order chi connectivity index (χ1) is 6.77. The van der Waals surface area contributed by atoms with Crippen molar-refractivity contribution in [3.8, 4) is 0 Å². The number of hydrogen-bond acceptors (Lipinski definition) is 5. The van der Waals surface area contributed by atoms with E-state index in [-0.39, 0.29) is 5.91 Å². The molecule has 0 aromatic carbocycles. The summed E-state index contributed by atoms with van der Waals surface area (Å²) in [4.78, 5) is 15.3. The lowest BCUT2D eigenvalue weighted by atomic mass is 10.2. The van der Waals surface area contributed by atoms with E-state index in [9.17, 15) is 9.28 Å². The molecule has 1 N–H and O–H groups in total. The van der Waals surface area contributed by atoms with Crippen molar-refractivity contribution in [1.29, 1.82) is 0 Å². The average molecular weight is 216 g/mol. The molecule has 14 heavy (non-hydrogen) atoms. The van der Waals surface area contributed by atoms with Crippen LogP contribution in [0.4, 0.5) is 9.61 Å². The summed E-state index contributed by atoms with van der Waals surface area (Å²) in [6.45, 7) is 0.328. The van der Waals surface area contributed by atoms with Gasteiger partial charge >= 0.3 is 0 Å². The number of nitrogens with zero attached hydrogens (tertiary/aromatic N) is 3. The van der Waals surface area contributed by atoms with Gasteiger partial charge in [0.05, 0.1) is 0 Å². The largest absolute Gasteiger partial charge is 0.299 e. The van der Waals surface area contributed by atoms with Gasteiger partial charge in [-0.1, -0.05) is 0 Å². The number of anilines is 1. The predicted octanol–water partition coefficient (Wildman–Crippen LogP) is 0.826. The highest BCUT2D eigenvalue weighted by molar-refractivity contribution is 7.09. The summed E-state index contributed by atoms with van der Waals surface area (Å²) in [6.07, 6.45) is 2.62. The Morgan fingerprint density at radius 2 is 2.64 bits per heavy atom. The van der Waals surface area contributed by atoms with E-state index >= 15 is 0 Å². The van der Waals surface area contributed by atoms with Crippen molar-refractivity contribution in [2.75, 3.05) is 11.9 Å². The Hall–Kier alpha value is -1.08. The average Bonchev–Trinajstić information content (AvgIpc) is 2.75. The maximum atomic E-state index is 13.0. The third-order valence-corrected chi connectivity index (χ3v) is 2.66. The van der Waals surface area contributed by atoms with E-state index in [1.807, 2.05) is 0 Å². The van der Waals surface area contributed by atoms with Crippen LogP contribution in [0.25, 0.3) is 0 Å². The number of hydrogen-bond donors (Lipinski definition) is 1. The fourth-order valence-corrected chi connectivity index (χ4v) is 1.84. The van der Waals surface area contributed by atoms with Crippen molar-refractivity contribution < 1.29 is 9.28 Å². The quantitative estimate of drug-likeness (QED) is 0.744. The minimum absolute atomic E-state index is 0.328. The highest BCUT2D eigenvalue weighted by Crippen LogP contribution is 2.19. The first kappa shape index (κ1) is 9.47. The summed E-state index contributed by atoms with van der Waals surface area (Å²) < 4.78 is 16.7. The third-order valence-electron chi connectivity index (χ3n) is 2.08. The molecule has 0 saturated carbocycles. The molecule has 1 saturated heterocycles.